The second-order valence-corrected chi connectivity index (χ2v) is 8.91. The maximum atomic E-state index is 13.7. The lowest BCUT2D eigenvalue weighted by molar-refractivity contribution is -0.138. The van der Waals surface area contributed by atoms with E-state index in [0.29, 0.717) is 24.0 Å². The third-order valence-electron chi connectivity index (χ3n) is 6.02. The summed E-state index contributed by atoms with van der Waals surface area (Å²) in [6, 6.07) is 18.0. The molecule has 40 heavy (non-hydrogen) atoms. The number of benzene rings is 4. The SMILES string of the molecule is Cc1cc(Oc2cccc(Oc3ccc(C(F)(F)F)cc3-c3ccccc3C(F)(F)F)c2)ccc1CCC(=O)O. The first-order chi connectivity index (χ1) is 18.8. The molecule has 0 radical (unpaired) electrons. The zero-order valence-corrected chi connectivity index (χ0v) is 20.9. The Morgan fingerprint density at radius 2 is 1.40 bits per heavy atom. The Kier molecular flexibility index (Phi) is 8.08. The van der Waals surface area contributed by atoms with E-state index in [2.05, 4.69) is 0 Å². The molecule has 4 aromatic rings. The quantitative estimate of drug-likeness (QED) is 0.218. The van der Waals surface area contributed by atoms with Crippen LogP contribution in [0.1, 0.15) is 28.7 Å². The van der Waals surface area contributed by atoms with Crippen molar-refractivity contribution in [2.24, 2.45) is 0 Å². The molecule has 4 aromatic carbocycles. The minimum absolute atomic E-state index is 0.0141. The van der Waals surface area contributed by atoms with Crippen LogP contribution in [-0.4, -0.2) is 11.1 Å². The van der Waals surface area contributed by atoms with E-state index in [1.807, 2.05) is 6.92 Å². The van der Waals surface area contributed by atoms with E-state index >= 15 is 0 Å². The van der Waals surface area contributed by atoms with Crippen molar-refractivity contribution in [2.75, 3.05) is 0 Å². The third kappa shape index (κ3) is 6.93. The fourth-order valence-corrected chi connectivity index (χ4v) is 4.09. The number of carboxylic acid groups (broad SMARTS) is 1. The van der Waals surface area contributed by atoms with Crippen LogP contribution in [0.2, 0.25) is 0 Å². The summed E-state index contributed by atoms with van der Waals surface area (Å²) in [4.78, 5) is 10.8. The van der Waals surface area contributed by atoms with Crippen molar-refractivity contribution >= 4 is 5.97 Å². The van der Waals surface area contributed by atoms with Gasteiger partial charge >= 0.3 is 18.3 Å². The molecular formula is C30H22F6O4. The van der Waals surface area contributed by atoms with E-state index in [-0.39, 0.29) is 23.5 Å². The number of ether oxygens (including phenoxy) is 2. The predicted octanol–water partition coefficient (Wildman–Crippen LogP) is 9.30. The lowest BCUT2D eigenvalue weighted by Gasteiger charge is -2.18. The van der Waals surface area contributed by atoms with Crippen LogP contribution in [0.15, 0.2) is 84.9 Å². The summed E-state index contributed by atoms with van der Waals surface area (Å²) in [5.74, 6) is -0.240. The molecule has 0 aromatic heterocycles. The van der Waals surface area contributed by atoms with E-state index in [1.54, 1.807) is 30.3 Å². The van der Waals surface area contributed by atoms with Gasteiger partial charge in [-0.3, -0.25) is 4.79 Å². The molecule has 10 heteroatoms. The summed E-state index contributed by atoms with van der Waals surface area (Å²) in [6.07, 6.45) is -9.25. The van der Waals surface area contributed by atoms with Crippen LogP contribution in [0.5, 0.6) is 23.0 Å². The maximum Gasteiger partial charge on any atom is 0.417 e. The topological polar surface area (TPSA) is 55.8 Å². The van der Waals surface area contributed by atoms with Crippen molar-refractivity contribution < 1.29 is 45.7 Å². The van der Waals surface area contributed by atoms with Gasteiger partial charge in [0.2, 0.25) is 0 Å². The van der Waals surface area contributed by atoms with Crippen molar-refractivity contribution in [1.82, 2.24) is 0 Å². The molecule has 0 saturated carbocycles. The van der Waals surface area contributed by atoms with Crippen molar-refractivity contribution in [1.29, 1.82) is 0 Å². The van der Waals surface area contributed by atoms with Crippen molar-refractivity contribution in [3.63, 3.8) is 0 Å². The summed E-state index contributed by atoms with van der Waals surface area (Å²) in [7, 11) is 0. The van der Waals surface area contributed by atoms with Gasteiger partial charge in [0.15, 0.2) is 0 Å². The molecule has 208 valence electrons. The first-order valence-corrected chi connectivity index (χ1v) is 12.0. The summed E-state index contributed by atoms with van der Waals surface area (Å²) in [5.41, 5.74) is -1.38. The van der Waals surface area contributed by atoms with Crippen LogP contribution in [-0.2, 0) is 23.6 Å². The number of aliphatic carboxylic acids is 1. The molecule has 0 saturated heterocycles. The Bertz CT molecular complexity index is 1530. The molecule has 0 unspecified atom stereocenters. The van der Waals surface area contributed by atoms with Gasteiger partial charge in [-0.2, -0.15) is 26.3 Å². The van der Waals surface area contributed by atoms with E-state index in [9.17, 15) is 31.1 Å². The third-order valence-corrected chi connectivity index (χ3v) is 6.02. The number of aryl methyl sites for hydroxylation is 2. The van der Waals surface area contributed by atoms with Crippen LogP contribution in [0.25, 0.3) is 11.1 Å². The molecule has 0 aliphatic heterocycles. The Hall–Kier alpha value is -4.47. The van der Waals surface area contributed by atoms with Gasteiger partial charge in [0, 0.05) is 18.1 Å². The molecule has 1 N–H and O–H groups in total. The highest BCUT2D eigenvalue weighted by molar-refractivity contribution is 5.75. The molecule has 4 rings (SSSR count). The molecule has 0 aliphatic carbocycles. The van der Waals surface area contributed by atoms with Gasteiger partial charge in [-0.05, 0) is 78.6 Å². The summed E-state index contributed by atoms with van der Waals surface area (Å²) >= 11 is 0. The van der Waals surface area contributed by atoms with Crippen LogP contribution < -0.4 is 9.47 Å². The van der Waals surface area contributed by atoms with Gasteiger partial charge in [0.05, 0.1) is 11.1 Å². The molecule has 0 aliphatic rings. The number of hydrogen-bond acceptors (Lipinski definition) is 3. The lowest BCUT2D eigenvalue weighted by atomic mass is 9.96. The van der Waals surface area contributed by atoms with Crippen LogP contribution in [0, 0.1) is 6.92 Å². The first-order valence-electron chi connectivity index (χ1n) is 12.0. The lowest BCUT2D eigenvalue weighted by Crippen LogP contribution is -2.09. The summed E-state index contributed by atoms with van der Waals surface area (Å²) < 4.78 is 93.2. The van der Waals surface area contributed by atoms with Crippen molar-refractivity contribution in [3.8, 4) is 34.1 Å². The van der Waals surface area contributed by atoms with E-state index < -0.39 is 35.0 Å². The van der Waals surface area contributed by atoms with E-state index in [1.165, 1.54) is 18.2 Å². The fourth-order valence-electron chi connectivity index (χ4n) is 4.09. The summed E-state index contributed by atoms with van der Waals surface area (Å²) in [5, 5.41) is 8.89. The van der Waals surface area contributed by atoms with E-state index in [0.717, 1.165) is 41.5 Å². The van der Waals surface area contributed by atoms with Gasteiger partial charge in [0.1, 0.15) is 23.0 Å². The largest absolute Gasteiger partial charge is 0.481 e. The van der Waals surface area contributed by atoms with E-state index in [4.69, 9.17) is 14.6 Å². The molecule has 0 bridgehead atoms. The van der Waals surface area contributed by atoms with Crippen LogP contribution in [0.4, 0.5) is 26.3 Å². The standard InChI is InChI=1S/C30H22F6O4/c1-18-15-23(12-9-19(18)10-14-28(37)38)39-21-5-4-6-22(17-21)40-27-13-11-20(29(31,32)33)16-25(27)24-7-2-3-8-26(24)30(34,35)36/h2-9,11-13,15-17H,10,14H2,1H3,(H,37,38). The maximum absolute atomic E-state index is 13.7. The minimum Gasteiger partial charge on any atom is -0.481 e. The second kappa shape index (κ2) is 11.3. The Morgan fingerprint density at radius 3 is 2.05 bits per heavy atom. The number of halogens is 6. The highest BCUT2D eigenvalue weighted by Crippen LogP contribution is 2.44. The number of alkyl halides is 6. The van der Waals surface area contributed by atoms with Crippen molar-refractivity contribution in [2.45, 2.75) is 32.1 Å². The Balaban J connectivity index is 1.65. The average Bonchev–Trinajstić information content (AvgIpc) is 2.87. The monoisotopic (exact) mass is 560 g/mol. The molecule has 0 atom stereocenters. The normalized spacial score (nSPS) is 11.8. The molecule has 0 spiro atoms. The molecule has 4 nitrogen and oxygen atoms in total. The number of rotatable bonds is 8. The van der Waals surface area contributed by atoms with Gasteiger partial charge < -0.3 is 14.6 Å². The zero-order valence-electron chi connectivity index (χ0n) is 20.9. The van der Waals surface area contributed by atoms with Gasteiger partial charge in [-0.1, -0.05) is 30.3 Å². The predicted molar refractivity (Wildman–Crippen MR) is 136 cm³/mol. The molecule has 0 fully saturated rings. The minimum atomic E-state index is -4.81. The molecular weight excluding hydrogens is 538 g/mol. The van der Waals surface area contributed by atoms with Crippen LogP contribution >= 0.6 is 0 Å². The van der Waals surface area contributed by atoms with Gasteiger partial charge in [-0.15, -0.1) is 0 Å². The van der Waals surface area contributed by atoms with Crippen molar-refractivity contribution in [3.05, 3.63) is 107 Å². The number of carboxylic acids is 1. The first kappa shape index (κ1) is 28.5. The smallest absolute Gasteiger partial charge is 0.417 e. The highest BCUT2D eigenvalue weighted by atomic mass is 19.4. The Labute approximate surface area is 225 Å². The summed E-state index contributed by atoms with van der Waals surface area (Å²) in [6.45, 7) is 1.81. The zero-order chi connectivity index (χ0) is 29.1. The fraction of sp³-hybridized carbons (Fsp3) is 0.167. The molecule has 0 amide bonds. The average molecular weight is 560 g/mol. The number of hydrogen-bond donors (Lipinski definition) is 1. The Morgan fingerprint density at radius 1 is 0.725 bits per heavy atom. The van der Waals surface area contributed by atoms with Crippen LogP contribution in [0.3, 0.4) is 0 Å². The molecule has 0 heterocycles. The second-order valence-electron chi connectivity index (χ2n) is 8.91. The highest BCUT2D eigenvalue weighted by Gasteiger charge is 2.36. The van der Waals surface area contributed by atoms with Gasteiger partial charge in [-0.25, -0.2) is 0 Å². The van der Waals surface area contributed by atoms with Gasteiger partial charge in [0.25, 0.3) is 0 Å². The number of carbonyl (C=O) groups is 1.